The second-order valence-corrected chi connectivity index (χ2v) is 10.1. The molecule has 1 aliphatic heterocycles. The van der Waals surface area contributed by atoms with Gasteiger partial charge in [0.25, 0.3) is 0 Å². The minimum absolute atomic E-state index is 0.0137. The van der Waals surface area contributed by atoms with Crippen molar-refractivity contribution in [3.63, 3.8) is 0 Å². The van der Waals surface area contributed by atoms with Crippen LogP contribution in [0.2, 0.25) is 0 Å². The summed E-state index contributed by atoms with van der Waals surface area (Å²) in [6.45, 7) is 6.78. The average molecular weight is 534 g/mol. The van der Waals surface area contributed by atoms with Crippen molar-refractivity contribution in [2.75, 3.05) is 13.2 Å². The maximum absolute atomic E-state index is 13.9. The second-order valence-electron chi connectivity index (χ2n) is 10.1. The molecule has 1 aromatic heterocycles. The number of carbonyl (C=O) groups excluding carboxylic acids is 1. The smallest absolute Gasteiger partial charge is 0.308 e. The van der Waals surface area contributed by atoms with E-state index in [0.717, 1.165) is 45.0 Å². The number of hydrogen-bond acceptors (Lipinski definition) is 6. The van der Waals surface area contributed by atoms with E-state index >= 15 is 0 Å². The molecular weight excluding hydrogens is 497 g/mol. The molecule has 4 rings (SSSR count). The van der Waals surface area contributed by atoms with Gasteiger partial charge in [-0.3, -0.25) is 9.78 Å². The molecule has 0 saturated carbocycles. The molecule has 0 bridgehead atoms. The van der Waals surface area contributed by atoms with Gasteiger partial charge in [0.15, 0.2) is 0 Å². The second kappa shape index (κ2) is 13.0. The number of esters is 1. The summed E-state index contributed by atoms with van der Waals surface area (Å²) in [7, 11) is 0. The molecule has 3 aromatic rings. The topological polar surface area (TPSA) is 88.9 Å². The lowest BCUT2D eigenvalue weighted by Gasteiger charge is -2.21. The number of aliphatic hydroxyl groups is 2. The molecule has 0 radical (unpaired) electrons. The summed E-state index contributed by atoms with van der Waals surface area (Å²) in [5, 5.41) is 21.0. The Morgan fingerprint density at radius 1 is 1.15 bits per heavy atom. The maximum Gasteiger partial charge on any atom is 0.308 e. The Morgan fingerprint density at radius 2 is 1.90 bits per heavy atom. The number of halogens is 1. The maximum atomic E-state index is 13.9. The van der Waals surface area contributed by atoms with Crippen LogP contribution in [-0.4, -0.2) is 46.6 Å². The van der Waals surface area contributed by atoms with Gasteiger partial charge >= 0.3 is 5.97 Å². The van der Waals surface area contributed by atoms with E-state index < -0.39 is 18.2 Å². The van der Waals surface area contributed by atoms with Gasteiger partial charge in [0.05, 0.1) is 43.2 Å². The number of rotatable bonds is 10. The minimum Gasteiger partial charge on any atom is -0.493 e. The highest BCUT2D eigenvalue weighted by Gasteiger charge is 2.26. The third-order valence-electron chi connectivity index (χ3n) is 6.66. The Kier molecular flexibility index (Phi) is 9.49. The zero-order valence-corrected chi connectivity index (χ0v) is 22.7. The fourth-order valence-electron chi connectivity index (χ4n) is 4.84. The van der Waals surface area contributed by atoms with E-state index in [0.29, 0.717) is 26.1 Å². The zero-order valence-electron chi connectivity index (χ0n) is 22.7. The van der Waals surface area contributed by atoms with Crippen molar-refractivity contribution in [1.29, 1.82) is 0 Å². The van der Waals surface area contributed by atoms with Crippen LogP contribution in [0.3, 0.4) is 0 Å². The highest BCUT2D eigenvalue weighted by atomic mass is 19.1. The van der Waals surface area contributed by atoms with Crippen molar-refractivity contribution >= 4 is 12.0 Å². The first-order valence-electron chi connectivity index (χ1n) is 13.5. The fraction of sp³-hybridized carbons (Fsp3) is 0.375. The normalized spacial score (nSPS) is 14.3. The summed E-state index contributed by atoms with van der Waals surface area (Å²) in [6, 6.07) is 14.2. The van der Waals surface area contributed by atoms with Gasteiger partial charge in [-0.05, 0) is 53.3 Å². The van der Waals surface area contributed by atoms with Crippen LogP contribution in [0.1, 0.15) is 62.8 Å². The van der Waals surface area contributed by atoms with Crippen LogP contribution in [0, 0.1) is 5.82 Å². The molecule has 2 aromatic carbocycles. The van der Waals surface area contributed by atoms with Gasteiger partial charge in [-0.25, -0.2) is 4.39 Å². The number of aliphatic hydroxyl groups excluding tert-OH is 2. The molecule has 0 spiro atoms. The standard InChI is InChI=1S/C32H36FNO5/c1-4-16-39-29(37)19-24(36)18-23(35)13-14-26-30(21-9-11-22(33)12-10-21)27-15-17-38-28-8-6-5-7-25(28)32(27)34-31(26)20(2)3/h5-14,20,23-24,35-36H,4,15-19H2,1-3H3/t23-,24-/m1/s1. The van der Waals surface area contributed by atoms with Gasteiger partial charge in [0.1, 0.15) is 11.6 Å². The van der Waals surface area contributed by atoms with E-state index in [9.17, 15) is 19.4 Å². The molecule has 2 heterocycles. The first kappa shape index (κ1) is 28.5. The lowest BCUT2D eigenvalue weighted by atomic mass is 9.86. The predicted molar refractivity (Wildman–Crippen MR) is 150 cm³/mol. The van der Waals surface area contributed by atoms with Gasteiger partial charge in [-0.2, -0.15) is 0 Å². The summed E-state index contributed by atoms with van der Waals surface area (Å²) in [4.78, 5) is 17.0. The van der Waals surface area contributed by atoms with Gasteiger partial charge in [-0.1, -0.05) is 57.2 Å². The van der Waals surface area contributed by atoms with E-state index in [1.54, 1.807) is 18.2 Å². The first-order valence-corrected chi connectivity index (χ1v) is 13.5. The molecule has 206 valence electrons. The van der Waals surface area contributed by atoms with Crippen molar-refractivity contribution in [2.24, 2.45) is 0 Å². The van der Waals surface area contributed by atoms with Crippen LogP contribution in [0.25, 0.3) is 28.5 Å². The summed E-state index contributed by atoms with van der Waals surface area (Å²) < 4.78 is 25.0. The number of nitrogens with zero attached hydrogens (tertiary/aromatic N) is 1. The Labute approximate surface area is 229 Å². The largest absolute Gasteiger partial charge is 0.493 e. The van der Waals surface area contributed by atoms with Gasteiger partial charge in [-0.15, -0.1) is 0 Å². The SMILES string of the molecule is CCCOC(=O)C[C@H](O)C[C@H](O)C=Cc1c(C(C)C)nc2c(c1-c1ccc(F)cc1)CCOc1ccccc1-2. The highest BCUT2D eigenvalue weighted by Crippen LogP contribution is 2.42. The molecule has 2 atom stereocenters. The Balaban J connectivity index is 1.77. The number of hydrogen-bond donors (Lipinski definition) is 2. The number of pyridine rings is 1. The summed E-state index contributed by atoms with van der Waals surface area (Å²) in [6.07, 6.45) is 2.52. The zero-order chi connectivity index (χ0) is 27.9. The number of para-hydroxylation sites is 1. The third-order valence-corrected chi connectivity index (χ3v) is 6.66. The fourth-order valence-corrected chi connectivity index (χ4v) is 4.84. The Bertz CT molecular complexity index is 1320. The molecular formula is C32H36FNO5. The van der Waals surface area contributed by atoms with Gasteiger partial charge in [0.2, 0.25) is 0 Å². The van der Waals surface area contributed by atoms with Crippen molar-refractivity contribution in [2.45, 2.75) is 64.6 Å². The molecule has 2 N–H and O–H groups in total. The van der Waals surface area contributed by atoms with Crippen LogP contribution in [0.4, 0.5) is 4.39 Å². The lowest BCUT2D eigenvalue weighted by Crippen LogP contribution is -2.21. The third kappa shape index (κ3) is 6.91. The van der Waals surface area contributed by atoms with Crippen molar-refractivity contribution in [1.82, 2.24) is 4.98 Å². The van der Waals surface area contributed by atoms with E-state index in [-0.39, 0.29) is 24.6 Å². The van der Waals surface area contributed by atoms with Crippen LogP contribution in [0.15, 0.2) is 54.6 Å². The molecule has 0 fully saturated rings. The minimum atomic E-state index is -1.03. The number of carbonyl (C=O) groups is 1. The molecule has 7 heteroatoms. The van der Waals surface area contributed by atoms with Crippen molar-refractivity contribution in [3.05, 3.63) is 77.2 Å². The van der Waals surface area contributed by atoms with E-state index in [1.165, 1.54) is 12.1 Å². The van der Waals surface area contributed by atoms with E-state index in [2.05, 4.69) is 13.8 Å². The monoisotopic (exact) mass is 533 g/mol. The first-order chi connectivity index (χ1) is 18.8. The predicted octanol–water partition coefficient (Wildman–Crippen LogP) is 6.08. The average Bonchev–Trinajstić information content (AvgIpc) is 3.09. The number of aromatic nitrogens is 1. The van der Waals surface area contributed by atoms with E-state index in [1.807, 2.05) is 37.3 Å². The number of benzene rings is 2. The molecule has 39 heavy (non-hydrogen) atoms. The van der Waals surface area contributed by atoms with Crippen LogP contribution in [0.5, 0.6) is 5.75 Å². The van der Waals surface area contributed by atoms with Crippen LogP contribution in [-0.2, 0) is 16.0 Å². The van der Waals surface area contributed by atoms with E-state index in [4.69, 9.17) is 14.5 Å². The Morgan fingerprint density at radius 3 is 2.62 bits per heavy atom. The summed E-state index contributed by atoms with van der Waals surface area (Å²) >= 11 is 0. The summed E-state index contributed by atoms with van der Waals surface area (Å²) in [5.41, 5.74) is 6.14. The molecule has 0 saturated heterocycles. The number of ether oxygens (including phenoxy) is 2. The van der Waals surface area contributed by atoms with Crippen LogP contribution >= 0.6 is 0 Å². The Hall–Kier alpha value is -3.55. The molecule has 6 nitrogen and oxygen atoms in total. The lowest BCUT2D eigenvalue weighted by molar-refractivity contribution is -0.146. The van der Waals surface area contributed by atoms with Crippen molar-refractivity contribution in [3.8, 4) is 28.1 Å². The highest BCUT2D eigenvalue weighted by molar-refractivity contribution is 5.86. The quantitative estimate of drug-likeness (QED) is 0.307. The molecule has 0 aliphatic carbocycles. The summed E-state index contributed by atoms with van der Waals surface area (Å²) in [5.74, 6) is 0.00419. The molecule has 0 amide bonds. The number of fused-ring (bicyclic) bond motifs is 3. The molecule has 1 aliphatic rings. The van der Waals surface area contributed by atoms with Crippen LogP contribution < -0.4 is 4.74 Å². The molecule has 0 unspecified atom stereocenters. The van der Waals surface area contributed by atoms with Gasteiger partial charge < -0.3 is 19.7 Å². The van der Waals surface area contributed by atoms with Gasteiger partial charge in [0, 0.05) is 24.0 Å². The van der Waals surface area contributed by atoms with Crippen molar-refractivity contribution < 1.29 is 28.9 Å².